The summed E-state index contributed by atoms with van der Waals surface area (Å²) in [7, 11) is 0. The number of aryl methyl sites for hydroxylation is 1. The Balaban J connectivity index is 2.47. The number of oxazole rings is 1. The molecule has 0 spiro atoms. The molecule has 82 valence electrons. The average Bonchev–Trinajstić information content (AvgIpc) is 2.62. The molecule has 0 amide bonds. The fourth-order valence-electron chi connectivity index (χ4n) is 1.38. The van der Waals surface area contributed by atoms with E-state index in [1.165, 1.54) is 12.1 Å². The number of nitrogens with zero attached hydrogens (tertiary/aromatic N) is 1. The third-order valence-electron chi connectivity index (χ3n) is 2.12. The second-order valence-electron chi connectivity index (χ2n) is 3.28. The summed E-state index contributed by atoms with van der Waals surface area (Å²) < 4.78 is 4.99. The summed E-state index contributed by atoms with van der Waals surface area (Å²) in [6.45, 7) is 1.64. The number of aromatic hydroxyl groups is 1. The summed E-state index contributed by atoms with van der Waals surface area (Å²) in [5.74, 6) is -0.958. The van der Waals surface area contributed by atoms with Gasteiger partial charge in [0.25, 0.3) is 0 Å². The normalized spacial score (nSPS) is 10.3. The highest BCUT2D eigenvalue weighted by atomic mass is 16.4. The molecule has 0 aliphatic rings. The molecule has 0 radical (unpaired) electrons. The molecule has 16 heavy (non-hydrogen) atoms. The first-order valence-corrected chi connectivity index (χ1v) is 4.58. The van der Waals surface area contributed by atoms with E-state index in [0.717, 1.165) is 0 Å². The third-order valence-corrected chi connectivity index (χ3v) is 2.12. The topological polar surface area (TPSA) is 83.6 Å². The van der Waals surface area contributed by atoms with Crippen LogP contribution in [0.5, 0.6) is 5.75 Å². The van der Waals surface area contributed by atoms with Gasteiger partial charge in [0.1, 0.15) is 17.2 Å². The van der Waals surface area contributed by atoms with E-state index in [4.69, 9.17) is 14.6 Å². The van der Waals surface area contributed by atoms with Crippen LogP contribution >= 0.6 is 0 Å². The van der Waals surface area contributed by atoms with Crippen LogP contribution in [0.2, 0.25) is 0 Å². The zero-order valence-electron chi connectivity index (χ0n) is 8.47. The first kappa shape index (κ1) is 10.2. The Hall–Kier alpha value is -2.30. The molecule has 1 heterocycles. The van der Waals surface area contributed by atoms with Gasteiger partial charge in [0, 0.05) is 5.56 Å². The number of hydrogen-bond acceptors (Lipinski definition) is 4. The minimum Gasteiger partial charge on any atom is -0.508 e. The van der Waals surface area contributed by atoms with Crippen LogP contribution in [0.4, 0.5) is 0 Å². The van der Waals surface area contributed by atoms with Crippen LogP contribution in [0.15, 0.2) is 28.7 Å². The zero-order valence-corrected chi connectivity index (χ0v) is 8.47. The SMILES string of the molecule is Cc1oc(C(=O)O)nc1-c1ccc(O)cc1. The van der Waals surface area contributed by atoms with E-state index in [1.807, 2.05) is 0 Å². The maximum absolute atomic E-state index is 10.7. The van der Waals surface area contributed by atoms with Crippen molar-refractivity contribution in [2.24, 2.45) is 0 Å². The highest BCUT2D eigenvalue weighted by Gasteiger charge is 2.16. The van der Waals surface area contributed by atoms with Gasteiger partial charge in [-0.2, -0.15) is 0 Å². The van der Waals surface area contributed by atoms with Crippen molar-refractivity contribution in [1.29, 1.82) is 0 Å². The van der Waals surface area contributed by atoms with Crippen molar-refractivity contribution >= 4 is 5.97 Å². The molecule has 2 aromatic rings. The number of aromatic carboxylic acids is 1. The number of carbonyl (C=O) groups is 1. The lowest BCUT2D eigenvalue weighted by atomic mass is 10.1. The monoisotopic (exact) mass is 219 g/mol. The van der Waals surface area contributed by atoms with Gasteiger partial charge in [-0.05, 0) is 31.2 Å². The Labute approximate surface area is 91.0 Å². The summed E-state index contributed by atoms with van der Waals surface area (Å²) in [5, 5.41) is 17.8. The lowest BCUT2D eigenvalue weighted by Gasteiger charge is -1.96. The molecule has 2 rings (SSSR count). The maximum Gasteiger partial charge on any atom is 0.392 e. The van der Waals surface area contributed by atoms with Crippen molar-refractivity contribution in [1.82, 2.24) is 4.98 Å². The standard InChI is InChI=1S/C11H9NO4/c1-6-9(12-10(16-6)11(14)15)7-2-4-8(13)5-3-7/h2-5,13H,1H3,(H,14,15). The van der Waals surface area contributed by atoms with Crippen molar-refractivity contribution in [3.05, 3.63) is 35.9 Å². The smallest absolute Gasteiger partial charge is 0.392 e. The highest BCUT2D eigenvalue weighted by molar-refractivity contribution is 5.83. The Morgan fingerprint density at radius 3 is 2.44 bits per heavy atom. The Kier molecular flexibility index (Phi) is 2.36. The number of carboxylic acids is 1. The molecular weight excluding hydrogens is 210 g/mol. The Morgan fingerprint density at radius 2 is 1.94 bits per heavy atom. The van der Waals surface area contributed by atoms with Gasteiger partial charge in [0.15, 0.2) is 0 Å². The van der Waals surface area contributed by atoms with Gasteiger partial charge < -0.3 is 14.6 Å². The summed E-state index contributed by atoms with van der Waals surface area (Å²) in [6.07, 6.45) is 0. The van der Waals surface area contributed by atoms with Crippen LogP contribution in [0.3, 0.4) is 0 Å². The second kappa shape index (κ2) is 3.69. The molecule has 5 nitrogen and oxygen atoms in total. The van der Waals surface area contributed by atoms with Crippen LogP contribution < -0.4 is 0 Å². The number of rotatable bonds is 2. The Morgan fingerprint density at radius 1 is 1.31 bits per heavy atom. The van der Waals surface area contributed by atoms with Crippen molar-refractivity contribution in [3.63, 3.8) is 0 Å². The number of carboxylic acid groups (broad SMARTS) is 1. The van der Waals surface area contributed by atoms with E-state index in [-0.39, 0.29) is 11.6 Å². The van der Waals surface area contributed by atoms with E-state index in [1.54, 1.807) is 19.1 Å². The van der Waals surface area contributed by atoms with E-state index in [9.17, 15) is 4.79 Å². The molecule has 1 aromatic carbocycles. The van der Waals surface area contributed by atoms with Crippen LogP contribution in [0.25, 0.3) is 11.3 Å². The largest absolute Gasteiger partial charge is 0.508 e. The van der Waals surface area contributed by atoms with Gasteiger partial charge in [-0.25, -0.2) is 9.78 Å². The maximum atomic E-state index is 10.7. The quantitative estimate of drug-likeness (QED) is 0.807. The molecule has 1 aromatic heterocycles. The van der Waals surface area contributed by atoms with Crippen LogP contribution in [0.1, 0.15) is 16.4 Å². The van der Waals surface area contributed by atoms with Crippen molar-refractivity contribution in [2.75, 3.05) is 0 Å². The predicted octanol–water partition coefficient (Wildman–Crippen LogP) is 2.05. The summed E-state index contributed by atoms with van der Waals surface area (Å²) in [4.78, 5) is 14.5. The predicted molar refractivity (Wildman–Crippen MR) is 55.3 cm³/mol. The van der Waals surface area contributed by atoms with E-state index >= 15 is 0 Å². The lowest BCUT2D eigenvalue weighted by Crippen LogP contribution is -1.95. The van der Waals surface area contributed by atoms with Crippen molar-refractivity contribution < 1.29 is 19.4 Å². The number of aromatic nitrogens is 1. The average molecular weight is 219 g/mol. The minimum atomic E-state index is -1.20. The number of phenolic OH excluding ortho intramolecular Hbond substituents is 1. The number of phenols is 1. The molecule has 0 fully saturated rings. The van der Waals surface area contributed by atoms with Crippen LogP contribution in [0, 0.1) is 6.92 Å². The molecule has 0 bridgehead atoms. The van der Waals surface area contributed by atoms with Gasteiger partial charge in [0.2, 0.25) is 0 Å². The summed E-state index contributed by atoms with van der Waals surface area (Å²) >= 11 is 0. The van der Waals surface area contributed by atoms with Gasteiger partial charge in [-0.1, -0.05) is 0 Å². The molecule has 5 heteroatoms. The molecule has 0 saturated carbocycles. The van der Waals surface area contributed by atoms with Crippen LogP contribution in [-0.4, -0.2) is 21.2 Å². The molecular formula is C11H9NO4. The molecule has 0 atom stereocenters. The van der Waals surface area contributed by atoms with Crippen LogP contribution in [-0.2, 0) is 0 Å². The number of benzene rings is 1. The van der Waals surface area contributed by atoms with E-state index in [0.29, 0.717) is 17.0 Å². The van der Waals surface area contributed by atoms with E-state index in [2.05, 4.69) is 4.98 Å². The first-order valence-electron chi connectivity index (χ1n) is 4.58. The lowest BCUT2D eigenvalue weighted by molar-refractivity contribution is 0.0652. The fourth-order valence-corrected chi connectivity index (χ4v) is 1.38. The number of hydrogen-bond donors (Lipinski definition) is 2. The zero-order chi connectivity index (χ0) is 11.7. The minimum absolute atomic E-state index is 0.142. The molecule has 0 aliphatic heterocycles. The van der Waals surface area contributed by atoms with Crippen molar-refractivity contribution in [3.8, 4) is 17.0 Å². The van der Waals surface area contributed by atoms with Gasteiger partial charge in [-0.3, -0.25) is 0 Å². The Bertz CT molecular complexity index is 527. The summed E-state index contributed by atoms with van der Waals surface area (Å²) in [6, 6.07) is 6.30. The molecule has 0 saturated heterocycles. The van der Waals surface area contributed by atoms with Crippen molar-refractivity contribution in [2.45, 2.75) is 6.92 Å². The highest BCUT2D eigenvalue weighted by Crippen LogP contribution is 2.24. The van der Waals surface area contributed by atoms with Gasteiger partial charge in [-0.15, -0.1) is 0 Å². The van der Waals surface area contributed by atoms with Gasteiger partial charge >= 0.3 is 11.9 Å². The molecule has 0 unspecified atom stereocenters. The molecule has 0 aliphatic carbocycles. The fraction of sp³-hybridized carbons (Fsp3) is 0.0909. The third kappa shape index (κ3) is 1.75. The van der Waals surface area contributed by atoms with Gasteiger partial charge in [0.05, 0.1) is 0 Å². The summed E-state index contributed by atoms with van der Waals surface area (Å²) in [5.41, 5.74) is 1.17. The first-order chi connectivity index (χ1) is 7.58. The van der Waals surface area contributed by atoms with E-state index < -0.39 is 5.97 Å². The second-order valence-corrected chi connectivity index (χ2v) is 3.28. The molecule has 2 N–H and O–H groups in total.